The van der Waals surface area contributed by atoms with Crippen LogP contribution >= 0.6 is 15.9 Å². The van der Waals surface area contributed by atoms with Gasteiger partial charge in [-0.3, -0.25) is 4.98 Å². The SMILES string of the molecule is Brc1cncc([C@@H]2COCCN2)c1. The van der Waals surface area contributed by atoms with Crippen LogP contribution in [0.4, 0.5) is 0 Å². The van der Waals surface area contributed by atoms with E-state index in [-0.39, 0.29) is 0 Å². The summed E-state index contributed by atoms with van der Waals surface area (Å²) in [7, 11) is 0. The minimum Gasteiger partial charge on any atom is -0.378 e. The van der Waals surface area contributed by atoms with E-state index in [1.54, 1.807) is 6.20 Å². The standard InChI is InChI=1S/C9H11BrN2O/c10-8-3-7(4-11-5-8)9-6-13-2-1-12-9/h3-5,9,12H,1-2,6H2/t9-/m0/s1. The van der Waals surface area contributed by atoms with Crippen molar-refractivity contribution in [2.75, 3.05) is 19.8 Å². The molecule has 3 nitrogen and oxygen atoms in total. The minimum atomic E-state index is 0.291. The van der Waals surface area contributed by atoms with Gasteiger partial charge >= 0.3 is 0 Å². The second-order valence-corrected chi connectivity index (χ2v) is 3.93. The van der Waals surface area contributed by atoms with Crippen molar-refractivity contribution >= 4 is 15.9 Å². The fourth-order valence-electron chi connectivity index (χ4n) is 1.40. The fraction of sp³-hybridized carbons (Fsp3) is 0.444. The van der Waals surface area contributed by atoms with Gasteiger partial charge < -0.3 is 10.1 Å². The number of hydrogen-bond donors (Lipinski definition) is 1. The summed E-state index contributed by atoms with van der Waals surface area (Å²) in [6, 6.07) is 2.36. The topological polar surface area (TPSA) is 34.1 Å². The van der Waals surface area contributed by atoms with Gasteiger partial charge in [0.1, 0.15) is 0 Å². The molecule has 1 aromatic heterocycles. The number of pyridine rings is 1. The molecule has 0 saturated carbocycles. The van der Waals surface area contributed by atoms with E-state index in [9.17, 15) is 0 Å². The highest BCUT2D eigenvalue weighted by molar-refractivity contribution is 9.10. The maximum absolute atomic E-state index is 5.37. The third-order valence-electron chi connectivity index (χ3n) is 2.05. The van der Waals surface area contributed by atoms with Crippen LogP contribution in [0.25, 0.3) is 0 Å². The predicted molar refractivity (Wildman–Crippen MR) is 53.5 cm³/mol. The number of rotatable bonds is 1. The van der Waals surface area contributed by atoms with E-state index in [0.717, 1.165) is 24.2 Å². The summed E-state index contributed by atoms with van der Waals surface area (Å²) in [5.41, 5.74) is 1.18. The Hall–Kier alpha value is -0.450. The lowest BCUT2D eigenvalue weighted by Gasteiger charge is -2.23. The molecule has 1 atom stereocenters. The van der Waals surface area contributed by atoms with Gasteiger partial charge in [0.05, 0.1) is 19.3 Å². The highest BCUT2D eigenvalue weighted by Crippen LogP contribution is 2.18. The molecule has 13 heavy (non-hydrogen) atoms. The molecule has 0 unspecified atom stereocenters. The maximum Gasteiger partial charge on any atom is 0.0662 e. The molecule has 0 aromatic carbocycles. The molecule has 2 heterocycles. The first-order valence-corrected chi connectivity index (χ1v) is 5.07. The van der Waals surface area contributed by atoms with E-state index in [4.69, 9.17) is 4.74 Å². The Kier molecular flexibility index (Phi) is 2.93. The molecule has 0 spiro atoms. The van der Waals surface area contributed by atoms with Crippen LogP contribution in [0, 0.1) is 0 Å². The molecule has 1 aliphatic heterocycles. The van der Waals surface area contributed by atoms with Crippen LogP contribution in [0.5, 0.6) is 0 Å². The Morgan fingerprint density at radius 2 is 2.46 bits per heavy atom. The Bertz CT molecular complexity index is 287. The molecule has 70 valence electrons. The summed E-state index contributed by atoms with van der Waals surface area (Å²) in [6.45, 7) is 2.45. The lowest BCUT2D eigenvalue weighted by molar-refractivity contribution is 0.0767. The number of nitrogens with zero attached hydrogens (tertiary/aromatic N) is 1. The molecule has 0 amide bonds. The van der Waals surface area contributed by atoms with E-state index < -0.39 is 0 Å². The van der Waals surface area contributed by atoms with E-state index in [1.807, 2.05) is 6.20 Å². The largest absolute Gasteiger partial charge is 0.378 e. The van der Waals surface area contributed by atoms with E-state index >= 15 is 0 Å². The zero-order valence-electron chi connectivity index (χ0n) is 7.16. The molecule has 0 bridgehead atoms. The van der Waals surface area contributed by atoms with Gasteiger partial charge in [-0.15, -0.1) is 0 Å². The molecule has 1 N–H and O–H groups in total. The number of ether oxygens (including phenoxy) is 1. The summed E-state index contributed by atoms with van der Waals surface area (Å²) in [4.78, 5) is 4.12. The van der Waals surface area contributed by atoms with Gasteiger partial charge in [-0.1, -0.05) is 0 Å². The molecule has 0 aliphatic carbocycles. The van der Waals surface area contributed by atoms with Crippen molar-refractivity contribution in [3.63, 3.8) is 0 Å². The minimum absolute atomic E-state index is 0.291. The van der Waals surface area contributed by atoms with Crippen LogP contribution in [0.1, 0.15) is 11.6 Å². The van der Waals surface area contributed by atoms with Crippen LogP contribution in [0.2, 0.25) is 0 Å². The average molecular weight is 243 g/mol. The van der Waals surface area contributed by atoms with Crippen LogP contribution in [0.15, 0.2) is 22.9 Å². The lowest BCUT2D eigenvalue weighted by atomic mass is 10.1. The van der Waals surface area contributed by atoms with Crippen molar-refractivity contribution < 1.29 is 4.74 Å². The molecular weight excluding hydrogens is 232 g/mol. The number of halogens is 1. The summed E-state index contributed by atoms with van der Waals surface area (Å²) in [5, 5.41) is 3.38. The third-order valence-corrected chi connectivity index (χ3v) is 2.48. The second kappa shape index (κ2) is 4.17. The monoisotopic (exact) mass is 242 g/mol. The van der Waals surface area contributed by atoms with Crippen molar-refractivity contribution in [3.05, 3.63) is 28.5 Å². The highest BCUT2D eigenvalue weighted by Gasteiger charge is 2.15. The molecule has 0 radical (unpaired) electrons. The van der Waals surface area contributed by atoms with Crippen LogP contribution in [-0.4, -0.2) is 24.7 Å². The van der Waals surface area contributed by atoms with Crippen LogP contribution in [-0.2, 0) is 4.74 Å². The van der Waals surface area contributed by atoms with E-state index in [1.165, 1.54) is 5.56 Å². The zero-order chi connectivity index (χ0) is 9.10. The lowest BCUT2D eigenvalue weighted by Crippen LogP contribution is -2.34. The van der Waals surface area contributed by atoms with Gasteiger partial charge in [-0.25, -0.2) is 0 Å². The Labute approximate surface area is 85.6 Å². The number of hydrogen-bond acceptors (Lipinski definition) is 3. The van der Waals surface area contributed by atoms with E-state index in [0.29, 0.717) is 6.04 Å². The summed E-state index contributed by atoms with van der Waals surface area (Å²) < 4.78 is 6.38. The summed E-state index contributed by atoms with van der Waals surface area (Å²) in [6.07, 6.45) is 3.66. The Morgan fingerprint density at radius 3 is 3.15 bits per heavy atom. The maximum atomic E-state index is 5.37. The molecule has 1 aliphatic rings. The quantitative estimate of drug-likeness (QED) is 0.811. The smallest absolute Gasteiger partial charge is 0.0662 e. The molecule has 4 heteroatoms. The van der Waals surface area contributed by atoms with Crippen molar-refractivity contribution in [2.45, 2.75) is 6.04 Å². The number of nitrogens with one attached hydrogen (secondary N) is 1. The number of morpholine rings is 1. The normalized spacial score (nSPS) is 23.0. The molecule has 1 aromatic rings. The van der Waals surface area contributed by atoms with Crippen LogP contribution < -0.4 is 5.32 Å². The Balaban J connectivity index is 2.14. The van der Waals surface area contributed by atoms with Crippen molar-refractivity contribution in [2.24, 2.45) is 0 Å². The van der Waals surface area contributed by atoms with Crippen molar-refractivity contribution in [3.8, 4) is 0 Å². The summed E-state index contributed by atoms with van der Waals surface area (Å²) >= 11 is 3.40. The van der Waals surface area contributed by atoms with E-state index in [2.05, 4.69) is 32.3 Å². The Morgan fingerprint density at radius 1 is 1.54 bits per heavy atom. The van der Waals surface area contributed by atoms with Crippen molar-refractivity contribution in [1.29, 1.82) is 0 Å². The third kappa shape index (κ3) is 2.27. The van der Waals surface area contributed by atoms with Gasteiger partial charge in [0.2, 0.25) is 0 Å². The zero-order valence-corrected chi connectivity index (χ0v) is 8.75. The van der Waals surface area contributed by atoms with Gasteiger partial charge in [0.15, 0.2) is 0 Å². The van der Waals surface area contributed by atoms with Gasteiger partial charge in [-0.05, 0) is 27.6 Å². The predicted octanol–water partition coefficient (Wildman–Crippen LogP) is 1.50. The average Bonchev–Trinajstić information content (AvgIpc) is 2.19. The molecular formula is C9H11BrN2O. The first-order chi connectivity index (χ1) is 6.36. The molecule has 1 saturated heterocycles. The molecule has 1 fully saturated rings. The van der Waals surface area contributed by atoms with Crippen molar-refractivity contribution in [1.82, 2.24) is 10.3 Å². The highest BCUT2D eigenvalue weighted by atomic mass is 79.9. The van der Waals surface area contributed by atoms with Gasteiger partial charge in [0.25, 0.3) is 0 Å². The second-order valence-electron chi connectivity index (χ2n) is 3.02. The summed E-state index contributed by atoms with van der Waals surface area (Å²) in [5.74, 6) is 0. The fourth-order valence-corrected chi connectivity index (χ4v) is 1.78. The van der Waals surface area contributed by atoms with Crippen LogP contribution in [0.3, 0.4) is 0 Å². The molecule has 2 rings (SSSR count). The van der Waals surface area contributed by atoms with Gasteiger partial charge in [0, 0.05) is 23.4 Å². The number of aromatic nitrogens is 1. The van der Waals surface area contributed by atoms with Gasteiger partial charge in [-0.2, -0.15) is 0 Å². The first kappa shape index (κ1) is 9.12. The first-order valence-electron chi connectivity index (χ1n) is 4.28.